The molecule has 8 heteroatoms. The van der Waals surface area contributed by atoms with Gasteiger partial charge in [0.25, 0.3) is 5.91 Å². The van der Waals surface area contributed by atoms with E-state index in [2.05, 4.69) is 10.6 Å². The normalized spacial score (nSPS) is 18.1. The number of urea groups is 1. The summed E-state index contributed by atoms with van der Waals surface area (Å²) in [5.74, 6) is 0.795. The molecule has 8 nitrogen and oxygen atoms in total. The van der Waals surface area contributed by atoms with Crippen molar-refractivity contribution >= 4 is 23.5 Å². The van der Waals surface area contributed by atoms with Crippen LogP contribution in [-0.2, 0) is 9.59 Å². The highest BCUT2D eigenvalue weighted by Crippen LogP contribution is 2.32. The highest BCUT2D eigenvalue weighted by atomic mass is 16.6. The molecule has 1 aromatic carbocycles. The molecule has 0 atom stereocenters. The highest BCUT2D eigenvalue weighted by Gasteiger charge is 2.43. The summed E-state index contributed by atoms with van der Waals surface area (Å²) in [4.78, 5) is 37.0. The van der Waals surface area contributed by atoms with Crippen molar-refractivity contribution in [1.82, 2.24) is 10.2 Å². The Bertz CT molecular complexity index is 716. The van der Waals surface area contributed by atoms with E-state index in [1.807, 2.05) is 0 Å². The molecular formula is C17H21N3O5. The van der Waals surface area contributed by atoms with Gasteiger partial charge < -0.3 is 20.1 Å². The predicted molar refractivity (Wildman–Crippen MR) is 89.6 cm³/mol. The van der Waals surface area contributed by atoms with E-state index in [0.29, 0.717) is 36.8 Å². The SMILES string of the molecule is CC1(C)NC(=O)N(CCCC(=O)Nc2ccc3c(c2)OCCO3)C1=O. The third kappa shape index (κ3) is 3.67. The van der Waals surface area contributed by atoms with Crippen molar-refractivity contribution < 1.29 is 23.9 Å². The van der Waals surface area contributed by atoms with Gasteiger partial charge in [-0.25, -0.2) is 4.79 Å². The molecule has 134 valence electrons. The summed E-state index contributed by atoms with van der Waals surface area (Å²) < 4.78 is 10.9. The molecular weight excluding hydrogens is 326 g/mol. The van der Waals surface area contributed by atoms with E-state index in [-0.39, 0.29) is 24.8 Å². The number of fused-ring (bicyclic) bond motifs is 1. The Hall–Kier alpha value is -2.77. The third-order valence-electron chi connectivity index (χ3n) is 4.06. The molecule has 1 aromatic rings. The molecule has 25 heavy (non-hydrogen) atoms. The fourth-order valence-corrected chi connectivity index (χ4v) is 2.76. The first kappa shape index (κ1) is 17.1. The van der Waals surface area contributed by atoms with E-state index in [0.717, 1.165) is 4.90 Å². The second kappa shape index (κ2) is 6.62. The Morgan fingerprint density at radius 3 is 2.64 bits per heavy atom. The smallest absolute Gasteiger partial charge is 0.325 e. The van der Waals surface area contributed by atoms with Crippen LogP contribution in [0.25, 0.3) is 0 Å². The lowest BCUT2D eigenvalue weighted by molar-refractivity contribution is -0.130. The quantitative estimate of drug-likeness (QED) is 0.787. The molecule has 4 amide bonds. The van der Waals surface area contributed by atoms with Crippen LogP contribution in [0, 0.1) is 0 Å². The summed E-state index contributed by atoms with van der Waals surface area (Å²) in [7, 11) is 0. The van der Waals surface area contributed by atoms with Gasteiger partial charge in [-0.1, -0.05) is 0 Å². The van der Waals surface area contributed by atoms with Gasteiger partial charge in [0, 0.05) is 24.7 Å². The zero-order valence-corrected chi connectivity index (χ0v) is 14.3. The van der Waals surface area contributed by atoms with Crippen LogP contribution in [0.5, 0.6) is 11.5 Å². The van der Waals surface area contributed by atoms with E-state index >= 15 is 0 Å². The number of nitrogens with zero attached hydrogens (tertiary/aromatic N) is 1. The fraction of sp³-hybridized carbons (Fsp3) is 0.471. The van der Waals surface area contributed by atoms with Crippen molar-refractivity contribution in [3.05, 3.63) is 18.2 Å². The van der Waals surface area contributed by atoms with E-state index in [9.17, 15) is 14.4 Å². The van der Waals surface area contributed by atoms with Crippen LogP contribution in [0.2, 0.25) is 0 Å². The number of anilines is 1. The van der Waals surface area contributed by atoms with Gasteiger partial charge in [-0.15, -0.1) is 0 Å². The summed E-state index contributed by atoms with van der Waals surface area (Å²) in [5, 5.41) is 5.39. The topological polar surface area (TPSA) is 97.0 Å². The van der Waals surface area contributed by atoms with E-state index in [1.165, 1.54) is 0 Å². The maximum Gasteiger partial charge on any atom is 0.325 e. The molecule has 0 aromatic heterocycles. The van der Waals surface area contributed by atoms with Crippen LogP contribution in [0.1, 0.15) is 26.7 Å². The Kier molecular flexibility index (Phi) is 4.52. The standard InChI is InChI=1S/C17H21N3O5/c1-17(2)15(22)20(16(23)19-17)7-3-4-14(21)18-11-5-6-12-13(10-11)25-9-8-24-12/h5-6,10H,3-4,7-9H2,1-2H3,(H,18,21)(H,19,23). The molecule has 2 aliphatic rings. The zero-order chi connectivity index (χ0) is 18.0. The van der Waals surface area contributed by atoms with Crippen molar-refractivity contribution in [2.45, 2.75) is 32.2 Å². The number of hydrogen-bond donors (Lipinski definition) is 2. The number of carbonyl (C=O) groups excluding carboxylic acids is 3. The predicted octanol–water partition coefficient (Wildman–Crippen LogP) is 1.51. The number of amides is 4. The zero-order valence-electron chi connectivity index (χ0n) is 14.3. The summed E-state index contributed by atoms with van der Waals surface area (Å²) in [5.41, 5.74) is -0.268. The lowest BCUT2D eigenvalue weighted by atomic mass is 10.1. The average Bonchev–Trinajstić information content (AvgIpc) is 2.76. The fourth-order valence-electron chi connectivity index (χ4n) is 2.76. The van der Waals surface area contributed by atoms with Crippen LogP contribution < -0.4 is 20.1 Å². The van der Waals surface area contributed by atoms with Gasteiger partial charge in [-0.3, -0.25) is 14.5 Å². The van der Waals surface area contributed by atoms with E-state index in [1.54, 1.807) is 32.0 Å². The first-order valence-electron chi connectivity index (χ1n) is 8.20. The first-order chi connectivity index (χ1) is 11.9. The molecule has 3 rings (SSSR count). The van der Waals surface area contributed by atoms with Crippen molar-refractivity contribution in [3.8, 4) is 11.5 Å². The van der Waals surface area contributed by atoms with E-state index in [4.69, 9.17) is 9.47 Å². The third-order valence-corrected chi connectivity index (χ3v) is 4.06. The van der Waals surface area contributed by atoms with Gasteiger partial charge in [0.1, 0.15) is 18.8 Å². The lowest BCUT2D eigenvalue weighted by Gasteiger charge is -2.19. The Labute approximate surface area is 145 Å². The van der Waals surface area contributed by atoms with Crippen molar-refractivity contribution in [2.24, 2.45) is 0 Å². The summed E-state index contributed by atoms with van der Waals surface area (Å²) in [6.45, 7) is 4.51. The molecule has 1 saturated heterocycles. The Morgan fingerprint density at radius 2 is 1.96 bits per heavy atom. The van der Waals surface area contributed by atoms with Gasteiger partial charge in [0.2, 0.25) is 5.91 Å². The maximum atomic E-state index is 12.1. The van der Waals surface area contributed by atoms with Gasteiger partial charge in [-0.2, -0.15) is 0 Å². The number of benzene rings is 1. The molecule has 0 unspecified atom stereocenters. The monoisotopic (exact) mass is 347 g/mol. The number of imide groups is 1. The largest absolute Gasteiger partial charge is 0.486 e. The second-order valence-corrected chi connectivity index (χ2v) is 6.52. The minimum Gasteiger partial charge on any atom is -0.486 e. The van der Waals surface area contributed by atoms with Crippen LogP contribution >= 0.6 is 0 Å². The Morgan fingerprint density at radius 1 is 1.24 bits per heavy atom. The molecule has 1 fully saturated rings. The summed E-state index contributed by atoms with van der Waals surface area (Å²) in [6, 6.07) is 4.79. The molecule has 0 bridgehead atoms. The number of carbonyl (C=O) groups is 3. The number of rotatable bonds is 5. The maximum absolute atomic E-state index is 12.1. The minimum absolute atomic E-state index is 0.192. The minimum atomic E-state index is -0.884. The molecule has 2 heterocycles. The lowest BCUT2D eigenvalue weighted by Crippen LogP contribution is -2.40. The van der Waals surface area contributed by atoms with Gasteiger partial charge in [0.15, 0.2) is 11.5 Å². The molecule has 0 spiro atoms. The molecule has 0 saturated carbocycles. The summed E-state index contributed by atoms with van der Waals surface area (Å²) in [6.07, 6.45) is 0.595. The van der Waals surface area contributed by atoms with Crippen molar-refractivity contribution in [2.75, 3.05) is 25.1 Å². The molecule has 2 N–H and O–H groups in total. The molecule has 0 aliphatic carbocycles. The van der Waals surface area contributed by atoms with E-state index < -0.39 is 11.6 Å². The van der Waals surface area contributed by atoms with Crippen LogP contribution in [0.4, 0.5) is 10.5 Å². The van der Waals surface area contributed by atoms with Gasteiger partial charge in [-0.05, 0) is 32.4 Å². The van der Waals surface area contributed by atoms with Gasteiger partial charge >= 0.3 is 6.03 Å². The van der Waals surface area contributed by atoms with Crippen LogP contribution in [0.3, 0.4) is 0 Å². The summed E-state index contributed by atoms with van der Waals surface area (Å²) >= 11 is 0. The number of ether oxygens (including phenoxy) is 2. The van der Waals surface area contributed by atoms with Crippen LogP contribution in [0.15, 0.2) is 18.2 Å². The Balaban J connectivity index is 1.49. The second-order valence-electron chi connectivity index (χ2n) is 6.52. The average molecular weight is 347 g/mol. The highest BCUT2D eigenvalue weighted by molar-refractivity contribution is 6.06. The van der Waals surface area contributed by atoms with Crippen molar-refractivity contribution in [3.63, 3.8) is 0 Å². The number of hydrogen-bond acceptors (Lipinski definition) is 5. The number of nitrogens with one attached hydrogen (secondary N) is 2. The molecule has 0 radical (unpaired) electrons. The van der Waals surface area contributed by atoms with Gasteiger partial charge in [0.05, 0.1) is 0 Å². The molecule has 2 aliphatic heterocycles. The van der Waals surface area contributed by atoms with Crippen LogP contribution in [-0.4, -0.2) is 48.0 Å². The van der Waals surface area contributed by atoms with Crippen molar-refractivity contribution in [1.29, 1.82) is 0 Å². The first-order valence-corrected chi connectivity index (χ1v) is 8.20.